The number of hydrogen-bond acceptors (Lipinski definition) is 3. The van der Waals surface area contributed by atoms with Crippen LogP contribution in [0.25, 0.3) is 0 Å². The predicted octanol–water partition coefficient (Wildman–Crippen LogP) is 4.33. The molecule has 2 fully saturated rings. The number of amides is 2. The van der Waals surface area contributed by atoms with Gasteiger partial charge in [0, 0.05) is 28.7 Å². The van der Waals surface area contributed by atoms with Gasteiger partial charge in [0.2, 0.25) is 0 Å². The molecule has 2 saturated heterocycles. The quantitative estimate of drug-likeness (QED) is 0.780. The minimum Gasteiger partial charge on any atom is -0.335 e. The first-order valence-electron chi connectivity index (χ1n) is 9.17. The Morgan fingerprint density at radius 2 is 1.88 bits per heavy atom. The molecule has 0 aliphatic carbocycles. The Morgan fingerprint density at radius 1 is 1.21 bits per heavy atom. The van der Waals surface area contributed by atoms with Crippen LogP contribution in [0.15, 0.2) is 29.2 Å². The van der Waals surface area contributed by atoms with Gasteiger partial charge in [-0.15, -0.1) is 11.8 Å². The molecule has 2 amide bonds. The highest BCUT2D eigenvalue weighted by Gasteiger charge is 2.37. The zero-order valence-electron chi connectivity index (χ0n) is 14.8. The van der Waals surface area contributed by atoms with Crippen molar-refractivity contribution in [2.45, 2.75) is 68.5 Å². The molecule has 4 nitrogen and oxygen atoms in total. The van der Waals surface area contributed by atoms with Gasteiger partial charge in [0.25, 0.3) is 0 Å². The number of fused-ring (bicyclic) bond motifs is 2. The lowest BCUT2D eigenvalue weighted by Gasteiger charge is -2.49. The highest BCUT2D eigenvalue weighted by atomic mass is 32.2. The lowest BCUT2D eigenvalue weighted by Crippen LogP contribution is -2.57. The van der Waals surface area contributed by atoms with Gasteiger partial charge in [0.05, 0.1) is 0 Å². The number of hydrogen-bond donors (Lipinski definition) is 2. The molecule has 5 heteroatoms. The molecule has 2 N–H and O–H groups in total. The maximum atomic E-state index is 12.3. The van der Waals surface area contributed by atoms with Gasteiger partial charge in [-0.2, -0.15) is 0 Å². The van der Waals surface area contributed by atoms with E-state index in [0.717, 1.165) is 18.5 Å². The first kappa shape index (κ1) is 17.6. The van der Waals surface area contributed by atoms with Crippen LogP contribution in [0, 0.1) is 0 Å². The summed E-state index contributed by atoms with van der Waals surface area (Å²) in [6, 6.07) is 9.54. The van der Waals surface area contributed by atoms with Gasteiger partial charge in [-0.3, -0.25) is 4.90 Å². The van der Waals surface area contributed by atoms with E-state index >= 15 is 0 Å². The summed E-state index contributed by atoms with van der Waals surface area (Å²) < 4.78 is 0. The van der Waals surface area contributed by atoms with E-state index in [0.29, 0.717) is 18.1 Å². The maximum Gasteiger partial charge on any atom is 0.319 e. The van der Waals surface area contributed by atoms with Crippen LogP contribution in [0.5, 0.6) is 0 Å². The van der Waals surface area contributed by atoms with Crippen molar-refractivity contribution in [1.29, 1.82) is 0 Å². The standard InChI is InChI=1S/C19H29N3OS/c1-3-11-22-16-5-4-6-17(22)13-15(12-16)21-19(23)20-14-7-9-18(24-2)10-8-14/h7-10,15-17H,3-6,11-13H2,1-2H3,(H2,20,21,23)/t15?,16-,17+. The first-order valence-corrected chi connectivity index (χ1v) is 10.4. The van der Waals surface area contributed by atoms with Crippen molar-refractivity contribution in [3.05, 3.63) is 24.3 Å². The molecule has 1 aromatic carbocycles. The summed E-state index contributed by atoms with van der Waals surface area (Å²) in [7, 11) is 0. The highest BCUT2D eigenvalue weighted by molar-refractivity contribution is 7.98. The van der Waals surface area contributed by atoms with Gasteiger partial charge in [-0.25, -0.2) is 4.79 Å². The smallest absolute Gasteiger partial charge is 0.319 e. The summed E-state index contributed by atoms with van der Waals surface area (Å²) >= 11 is 1.71. The average Bonchev–Trinajstić information content (AvgIpc) is 2.56. The van der Waals surface area contributed by atoms with Crippen LogP contribution in [0.3, 0.4) is 0 Å². The summed E-state index contributed by atoms with van der Waals surface area (Å²) in [6.45, 7) is 3.46. The summed E-state index contributed by atoms with van der Waals surface area (Å²) in [4.78, 5) is 16.2. The van der Waals surface area contributed by atoms with Crippen molar-refractivity contribution >= 4 is 23.5 Å². The average molecular weight is 348 g/mol. The third-order valence-electron chi connectivity index (χ3n) is 5.29. The Bertz CT molecular complexity index is 534. The van der Waals surface area contributed by atoms with E-state index in [2.05, 4.69) is 28.7 Å². The Morgan fingerprint density at radius 3 is 2.46 bits per heavy atom. The molecule has 2 bridgehead atoms. The second-order valence-electron chi connectivity index (χ2n) is 6.97. The Hall–Kier alpha value is -1.20. The molecule has 0 aromatic heterocycles. The van der Waals surface area contributed by atoms with E-state index in [-0.39, 0.29) is 6.03 Å². The molecule has 3 atom stereocenters. The molecule has 24 heavy (non-hydrogen) atoms. The second kappa shape index (κ2) is 8.26. The number of urea groups is 1. The molecule has 1 aromatic rings. The first-order chi connectivity index (χ1) is 11.7. The van der Waals surface area contributed by atoms with Gasteiger partial charge in [-0.1, -0.05) is 13.3 Å². The number of anilines is 1. The van der Waals surface area contributed by atoms with E-state index in [1.165, 1.54) is 37.1 Å². The van der Waals surface area contributed by atoms with Crippen molar-refractivity contribution in [3.8, 4) is 0 Å². The third kappa shape index (κ3) is 4.25. The summed E-state index contributed by atoms with van der Waals surface area (Å²) in [5.74, 6) is 0. The monoisotopic (exact) mass is 347 g/mol. The molecule has 2 aliphatic rings. The van der Waals surface area contributed by atoms with Crippen molar-refractivity contribution in [1.82, 2.24) is 10.2 Å². The van der Waals surface area contributed by atoms with Crippen molar-refractivity contribution in [2.24, 2.45) is 0 Å². The van der Waals surface area contributed by atoms with Crippen LogP contribution >= 0.6 is 11.8 Å². The van der Waals surface area contributed by atoms with Gasteiger partial charge >= 0.3 is 6.03 Å². The number of benzene rings is 1. The van der Waals surface area contributed by atoms with Gasteiger partial charge in [0.1, 0.15) is 0 Å². The van der Waals surface area contributed by atoms with E-state index in [9.17, 15) is 4.79 Å². The molecule has 1 unspecified atom stereocenters. The molecule has 132 valence electrons. The van der Waals surface area contributed by atoms with Crippen molar-refractivity contribution < 1.29 is 4.79 Å². The number of rotatable bonds is 5. The van der Waals surface area contributed by atoms with Gasteiger partial charge in [0.15, 0.2) is 0 Å². The Kier molecular flexibility index (Phi) is 6.06. The molecule has 2 aliphatic heterocycles. The normalized spacial score (nSPS) is 26.8. The topological polar surface area (TPSA) is 44.4 Å². The fourth-order valence-electron chi connectivity index (χ4n) is 4.25. The SMILES string of the molecule is CCCN1[C@@H]2CCC[C@H]1CC(NC(=O)Nc1ccc(SC)cc1)C2. The zero-order valence-corrected chi connectivity index (χ0v) is 15.6. The summed E-state index contributed by atoms with van der Waals surface area (Å²) in [5, 5.41) is 6.17. The van der Waals surface area contributed by atoms with E-state index in [1.807, 2.05) is 24.3 Å². The lowest BCUT2D eigenvalue weighted by atomic mass is 9.81. The number of nitrogens with one attached hydrogen (secondary N) is 2. The Balaban J connectivity index is 1.53. The molecule has 0 radical (unpaired) electrons. The number of carbonyl (C=O) groups excluding carboxylic acids is 1. The predicted molar refractivity (Wildman–Crippen MR) is 102 cm³/mol. The second-order valence-corrected chi connectivity index (χ2v) is 7.85. The molecular formula is C19H29N3OS. The summed E-state index contributed by atoms with van der Waals surface area (Å²) in [6.07, 6.45) is 9.37. The third-order valence-corrected chi connectivity index (χ3v) is 6.03. The number of thioether (sulfide) groups is 1. The molecule has 3 rings (SSSR count). The van der Waals surface area contributed by atoms with Crippen molar-refractivity contribution in [3.63, 3.8) is 0 Å². The number of nitrogens with zero attached hydrogens (tertiary/aromatic N) is 1. The van der Waals surface area contributed by atoms with Gasteiger partial charge < -0.3 is 10.6 Å². The van der Waals surface area contributed by atoms with Crippen LogP contribution in [0.1, 0.15) is 45.4 Å². The maximum absolute atomic E-state index is 12.3. The van der Waals surface area contributed by atoms with E-state index < -0.39 is 0 Å². The summed E-state index contributed by atoms with van der Waals surface area (Å²) in [5.41, 5.74) is 0.855. The minimum atomic E-state index is -0.0704. The lowest BCUT2D eigenvalue weighted by molar-refractivity contribution is 0.0272. The van der Waals surface area contributed by atoms with Crippen molar-refractivity contribution in [2.75, 3.05) is 18.1 Å². The number of carbonyl (C=O) groups is 1. The van der Waals surface area contributed by atoms with Crippen LogP contribution in [0.2, 0.25) is 0 Å². The molecule has 0 spiro atoms. The Labute approximate surface area is 149 Å². The fraction of sp³-hybridized carbons (Fsp3) is 0.632. The highest BCUT2D eigenvalue weighted by Crippen LogP contribution is 2.34. The van der Waals surface area contributed by atoms with E-state index in [4.69, 9.17) is 0 Å². The van der Waals surface area contributed by atoms with Crippen LogP contribution in [-0.4, -0.2) is 41.9 Å². The minimum absolute atomic E-state index is 0.0704. The molecular weight excluding hydrogens is 318 g/mol. The number of piperidine rings is 2. The zero-order chi connectivity index (χ0) is 16.9. The molecule has 0 saturated carbocycles. The van der Waals surface area contributed by atoms with Crippen LogP contribution in [0.4, 0.5) is 10.5 Å². The van der Waals surface area contributed by atoms with Gasteiger partial charge in [-0.05, 0) is 69.2 Å². The van der Waals surface area contributed by atoms with E-state index in [1.54, 1.807) is 11.8 Å². The molecule has 2 heterocycles. The van der Waals surface area contributed by atoms with Crippen LogP contribution in [-0.2, 0) is 0 Å². The van der Waals surface area contributed by atoms with Crippen LogP contribution < -0.4 is 10.6 Å². The largest absolute Gasteiger partial charge is 0.335 e. The fourth-order valence-corrected chi connectivity index (χ4v) is 4.65.